The molecule has 3 atom stereocenters. The number of rotatable bonds is 17. The molecule has 42 heavy (non-hydrogen) atoms. The van der Waals surface area contributed by atoms with E-state index >= 15 is 0 Å². The van der Waals surface area contributed by atoms with E-state index in [9.17, 15) is 33.7 Å². The van der Waals surface area contributed by atoms with Crippen LogP contribution in [0, 0.1) is 0 Å². The third-order valence-corrected chi connectivity index (χ3v) is 6.61. The monoisotopic (exact) mass is 615 g/mol. The first kappa shape index (κ1) is 36.5. The maximum absolute atomic E-state index is 12.7. The van der Waals surface area contributed by atoms with E-state index in [0.29, 0.717) is 27.8 Å². The largest absolute Gasteiger partial charge is 0.472 e. The van der Waals surface area contributed by atoms with Crippen LogP contribution < -0.4 is 16.0 Å². The maximum Gasteiger partial charge on any atom is 0.472 e. The van der Waals surface area contributed by atoms with Crippen LogP contribution in [0.2, 0.25) is 0 Å². The predicted octanol–water partition coefficient (Wildman–Crippen LogP) is 0.235. The van der Waals surface area contributed by atoms with Gasteiger partial charge in [-0.1, -0.05) is 11.2 Å². The first-order valence-corrected chi connectivity index (χ1v) is 14.3. The average molecular weight is 616 g/mol. The number of phosphoric acid groups is 1. The summed E-state index contributed by atoms with van der Waals surface area (Å²) in [4.78, 5) is 62.7. The van der Waals surface area contributed by atoms with Gasteiger partial charge in [0, 0.05) is 24.2 Å². The molecule has 234 valence electrons. The number of aliphatic hydroxyl groups is 1. The third kappa shape index (κ3) is 13.9. The number of hydrogen-bond acceptors (Lipinski definition) is 9. The van der Waals surface area contributed by atoms with Crippen LogP contribution in [0.15, 0.2) is 23.3 Å². The molecule has 0 fully saturated rings. The number of azide groups is 1. The number of anilines is 1. The van der Waals surface area contributed by atoms with Crippen molar-refractivity contribution in [2.45, 2.75) is 39.1 Å². The minimum absolute atomic E-state index is 0.0285. The van der Waals surface area contributed by atoms with Gasteiger partial charge in [0.15, 0.2) is 0 Å². The molecule has 0 aliphatic heterocycles. The lowest BCUT2D eigenvalue weighted by Gasteiger charge is -2.24. The summed E-state index contributed by atoms with van der Waals surface area (Å²) in [6.07, 6.45) is 0. The van der Waals surface area contributed by atoms with Crippen LogP contribution in [0.4, 0.5) is 5.69 Å². The van der Waals surface area contributed by atoms with Gasteiger partial charge in [-0.25, -0.2) is 4.57 Å². The van der Waals surface area contributed by atoms with Gasteiger partial charge in [-0.3, -0.25) is 28.2 Å². The van der Waals surface area contributed by atoms with Crippen molar-refractivity contribution in [1.82, 2.24) is 15.5 Å². The van der Waals surface area contributed by atoms with Gasteiger partial charge in [-0.2, -0.15) is 0 Å². The first-order valence-electron chi connectivity index (χ1n) is 12.8. The van der Waals surface area contributed by atoms with Gasteiger partial charge < -0.3 is 35.3 Å². The van der Waals surface area contributed by atoms with Crippen LogP contribution in [-0.4, -0.2) is 110 Å². The second-order valence-corrected chi connectivity index (χ2v) is 11.8. The highest BCUT2D eigenvalue weighted by Gasteiger charge is 2.25. The van der Waals surface area contributed by atoms with E-state index in [4.69, 9.17) is 14.6 Å². The van der Waals surface area contributed by atoms with Gasteiger partial charge in [0.1, 0.15) is 38.4 Å². The third-order valence-electron chi connectivity index (χ3n) is 5.65. The summed E-state index contributed by atoms with van der Waals surface area (Å²) in [5.74, 6) is -2.51. The molecule has 0 saturated heterocycles. The van der Waals surface area contributed by atoms with Gasteiger partial charge in [-0.15, -0.1) is 0 Å². The fraction of sp³-hybridized carbons (Fsp3) is 0.583. The summed E-state index contributed by atoms with van der Waals surface area (Å²) in [7, 11) is 2.63. The van der Waals surface area contributed by atoms with Gasteiger partial charge in [-0.05, 0) is 42.6 Å². The predicted molar refractivity (Wildman–Crippen MR) is 151 cm³/mol. The van der Waals surface area contributed by atoms with Crippen LogP contribution in [0.3, 0.4) is 0 Å². The zero-order valence-electron chi connectivity index (χ0n) is 24.6. The molecule has 0 aromatic heterocycles. The lowest BCUT2D eigenvalue weighted by molar-refractivity contribution is -0.870. The number of benzene rings is 1. The maximum atomic E-state index is 12.7. The summed E-state index contributed by atoms with van der Waals surface area (Å²) in [6, 6.07) is 2.61. The van der Waals surface area contributed by atoms with E-state index in [2.05, 4.69) is 26.0 Å². The Hall–Kier alpha value is -3.56. The Bertz CT molecular complexity index is 1220. The van der Waals surface area contributed by atoms with E-state index in [1.807, 2.05) is 21.1 Å². The molecule has 0 bridgehead atoms. The summed E-state index contributed by atoms with van der Waals surface area (Å²) < 4.78 is 22.3. The Morgan fingerprint density at radius 1 is 1.10 bits per heavy atom. The normalized spacial score (nSPS) is 14.0. The smallest absolute Gasteiger partial charge is 0.392 e. The summed E-state index contributed by atoms with van der Waals surface area (Å²) in [5.41, 5.74) is 9.52. The summed E-state index contributed by atoms with van der Waals surface area (Å²) in [6.45, 7) is 1.65. The van der Waals surface area contributed by atoms with Crippen molar-refractivity contribution in [1.29, 1.82) is 0 Å². The SMILES string of the molecule is C[C@H](NC(=O)CN=[N+]=[N-])C(=O)N[C@@H](C)C(=O)Nc1ccc(CO)c(CN(C)C(=O)COP(=O)(O)OCC[N+](C)(C)C)c1. The highest BCUT2D eigenvalue weighted by atomic mass is 31.2. The van der Waals surface area contributed by atoms with Crippen molar-refractivity contribution >= 4 is 37.1 Å². The molecule has 18 heteroatoms. The van der Waals surface area contributed by atoms with E-state index in [1.54, 1.807) is 6.07 Å². The van der Waals surface area contributed by atoms with E-state index in [1.165, 1.54) is 37.9 Å². The Morgan fingerprint density at radius 2 is 1.74 bits per heavy atom. The van der Waals surface area contributed by atoms with E-state index in [-0.39, 0.29) is 19.8 Å². The molecule has 4 amide bonds. The minimum Gasteiger partial charge on any atom is -0.392 e. The number of phosphoric ester groups is 1. The molecule has 1 unspecified atom stereocenters. The number of quaternary nitrogens is 1. The van der Waals surface area contributed by atoms with Crippen LogP contribution in [0.1, 0.15) is 25.0 Å². The van der Waals surface area contributed by atoms with Crippen LogP contribution in [0.25, 0.3) is 10.4 Å². The summed E-state index contributed by atoms with van der Waals surface area (Å²) >= 11 is 0. The lowest BCUT2D eigenvalue weighted by Crippen LogP contribution is -2.50. The molecular formula is C24H40N8O9P+. The van der Waals surface area contributed by atoms with Crippen molar-refractivity contribution in [3.8, 4) is 0 Å². The highest BCUT2D eigenvalue weighted by molar-refractivity contribution is 7.47. The molecule has 5 N–H and O–H groups in total. The second kappa shape index (κ2) is 16.8. The number of carbonyl (C=O) groups is 4. The fourth-order valence-electron chi connectivity index (χ4n) is 3.17. The van der Waals surface area contributed by atoms with Crippen LogP contribution in [0.5, 0.6) is 0 Å². The van der Waals surface area contributed by atoms with Crippen LogP contribution in [-0.2, 0) is 45.9 Å². The minimum atomic E-state index is -4.44. The molecule has 1 aromatic rings. The fourth-order valence-corrected chi connectivity index (χ4v) is 3.83. The van der Waals surface area contributed by atoms with E-state index < -0.39 is 56.7 Å². The zero-order valence-corrected chi connectivity index (χ0v) is 25.5. The zero-order chi connectivity index (χ0) is 32.1. The van der Waals surface area contributed by atoms with Gasteiger partial charge >= 0.3 is 7.82 Å². The molecule has 0 saturated carbocycles. The standard InChI is InChI=1S/C24H39N8O9P/c1-16(27-21(34)12-26-30-25)23(36)28-17(2)24(37)29-20-8-7-18(14-33)19(11-20)13-31(3)22(35)15-41-42(38,39)40-10-9-32(4,5)6/h7-8,11,16-17,33H,9-10,12-15H2,1-6H3,(H3-,27,28,29,34,36,37,38,39)/p+1/t16-,17-/m0/s1. The molecular weight excluding hydrogens is 575 g/mol. The van der Waals surface area contributed by atoms with Crippen molar-refractivity contribution in [3.05, 3.63) is 39.8 Å². The molecule has 0 aliphatic carbocycles. The molecule has 0 heterocycles. The lowest BCUT2D eigenvalue weighted by atomic mass is 10.1. The number of aliphatic hydroxyl groups excluding tert-OH is 1. The summed E-state index contributed by atoms with van der Waals surface area (Å²) in [5, 5.41) is 20.3. The molecule has 0 aliphatic rings. The topological polar surface area (TPSA) is 232 Å². The number of hydrogen-bond donors (Lipinski definition) is 5. The first-order chi connectivity index (χ1) is 19.5. The quantitative estimate of drug-likeness (QED) is 0.0530. The van der Waals surface area contributed by atoms with Crippen molar-refractivity contribution < 1.29 is 47.3 Å². The molecule has 0 radical (unpaired) electrons. The Morgan fingerprint density at radius 3 is 2.33 bits per heavy atom. The van der Waals surface area contributed by atoms with E-state index in [0.717, 1.165) is 0 Å². The number of nitrogens with one attached hydrogen (secondary N) is 3. The second-order valence-electron chi connectivity index (χ2n) is 10.4. The van der Waals surface area contributed by atoms with Crippen molar-refractivity contribution in [2.75, 3.05) is 59.8 Å². The Labute approximate surface area is 244 Å². The van der Waals surface area contributed by atoms with Crippen molar-refractivity contribution in [2.24, 2.45) is 5.11 Å². The number of likely N-dealkylation sites (N-methyl/N-ethyl adjacent to an activating group) is 2. The Balaban J connectivity index is 2.75. The molecule has 1 aromatic carbocycles. The molecule has 17 nitrogen and oxygen atoms in total. The van der Waals surface area contributed by atoms with Gasteiger partial charge in [0.2, 0.25) is 23.6 Å². The Kier molecular flexibility index (Phi) is 14.6. The van der Waals surface area contributed by atoms with Crippen molar-refractivity contribution in [3.63, 3.8) is 0 Å². The number of amides is 4. The van der Waals surface area contributed by atoms with Crippen LogP contribution >= 0.6 is 7.82 Å². The number of carbonyl (C=O) groups excluding carboxylic acids is 4. The van der Waals surface area contributed by atoms with Gasteiger partial charge in [0.25, 0.3) is 0 Å². The van der Waals surface area contributed by atoms with Gasteiger partial charge in [0.05, 0.1) is 27.7 Å². The number of nitrogens with zero attached hydrogens (tertiary/aromatic N) is 5. The highest BCUT2D eigenvalue weighted by Crippen LogP contribution is 2.42. The molecule has 1 rings (SSSR count). The molecule has 0 spiro atoms. The average Bonchev–Trinajstić information content (AvgIpc) is 2.89.